The van der Waals surface area contributed by atoms with Crippen molar-refractivity contribution in [3.63, 3.8) is 0 Å². The Balaban J connectivity index is 2.27. The summed E-state index contributed by atoms with van der Waals surface area (Å²) in [5.74, 6) is -0.456. The molecule has 3 heteroatoms. The van der Waals surface area contributed by atoms with Gasteiger partial charge < -0.3 is 0 Å². The lowest BCUT2D eigenvalue weighted by atomic mass is 9.91. The molecule has 0 aromatic heterocycles. The van der Waals surface area contributed by atoms with Gasteiger partial charge in [-0.05, 0) is 22.4 Å². The van der Waals surface area contributed by atoms with Crippen LogP contribution in [0.3, 0.4) is 0 Å². The molecule has 0 spiro atoms. The quantitative estimate of drug-likeness (QED) is 0.754. The fraction of sp³-hybridized carbons (Fsp3) is 0.200. The van der Waals surface area contributed by atoms with Crippen LogP contribution in [0.15, 0.2) is 40.9 Å². The molecular weight excluding hydrogens is 292 g/mol. The van der Waals surface area contributed by atoms with Crippen LogP contribution in [0, 0.1) is 0 Å². The molecule has 90 valence electrons. The van der Waals surface area contributed by atoms with E-state index in [2.05, 4.69) is 15.9 Å². The summed E-state index contributed by atoms with van der Waals surface area (Å²) >= 11 is 3.50. The van der Waals surface area contributed by atoms with E-state index in [9.17, 15) is 9.59 Å². The number of benzene rings is 2. The van der Waals surface area contributed by atoms with E-state index in [4.69, 9.17) is 0 Å². The zero-order valence-corrected chi connectivity index (χ0v) is 11.2. The Morgan fingerprint density at radius 3 is 2.22 bits per heavy atom. The van der Waals surface area contributed by atoms with Gasteiger partial charge in [-0.1, -0.05) is 46.3 Å². The molecule has 1 saturated carbocycles. The summed E-state index contributed by atoms with van der Waals surface area (Å²) in [6.45, 7) is 0. The molecule has 1 aliphatic carbocycles. The first-order chi connectivity index (χ1) is 8.68. The first kappa shape index (κ1) is 11.6. The van der Waals surface area contributed by atoms with Crippen molar-refractivity contribution in [1.82, 2.24) is 0 Å². The van der Waals surface area contributed by atoms with Crippen LogP contribution in [0.2, 0.25) is 0 Å². The number of carbonyl (C=O) groups excluding carboxylic acids is 2. The van der Waals surface area contributed by atoms with Gasteiger partial charge in [-0.2, -0.15) is 0 Å². The van der Waals surface area contributed by atoms with Crippen LogP contribution >= 0.6 is 15.9 Å². The largest absolute Gasteiger partial charge is 0.299 e. The van der Waals surface area contributed by atoms with Crippen molar-refractivity contribution in [2.24, 2.45) is 0 Å². The molecule has 3 rings (SSSR count). The minimum atomic E-state index is -0.553. The predicted octanol–water partition coefficient (Wildman–Crippen LogP) is 3.62. The molecule has 0 unspecified atom stereocenters. The molecule has 0 radical (unpaired) electrons. The van der Waals surface area contributed by atoms with Crippen molar-refractivity contribution in [3.05, 3.63) is 46.4 Å². The Hall–Kier alpha value is -1.48. The normalized spacial score (nSPS) is 16.7. The monoisotopic (exact) mass is 302 g/mol. The second-order valence-corrected chi connectivity index (χ2v) is 5.40. The number of fused-ring (bicyclic) bond motifs is 1. The van der Waals surface area contributed by atoms with Crippen molar-refractivity contribution in [3.8, 4) is 0 Å². The lowest BCUT2D eigenvalue weighted by Crippen LogP contribution is -2.12. The molecule has 0 aliphatic heterocycles. The molecule has 2 aromatic rings. The summed E-state index contributed by atoms with van der Waals surface area (Å²) < 4.78 is 0.986. The van der Waals surface area contributed by atoms with Gasteiger partial charge in [-0.3, -0.25) is 9.59 Å². The van der Waals surface area contributed by atoms with Gasteiger partial charge in [0.15, 0.2) is 0 Å². The van der Waals surface area contributed by atoms with E-state index < -0.39 is 5.92 Å². The first-order valence-electron chi connectivity index (χ1n) is 5.91. The third kappa shape index (κ3) is 1.70. The lowest BCUT2D eigenvalue weighted by Gasteiger charge is -2.11. The number of halogens is 1. The highest BCUT2D eigenvalue weighted by Crippen LogP contribution is 2.35. The van der Waals surface area contributed by atoms with Gasteiger partial charge in [0.2, 0.25) is 0 Å². The Morgan fingerprint density at radius 1 is 0.889 bits per heavy atom. The van der Waals surface area contributed by atoms with Crippen molar-refractivity contribution in [2.75, 3.05) is 0 Å². The third-order valence-corrected chi connectivity index (χ3v) is 4.17. The van der Waals surface area contributed by atoms with Gasteiger partial charge in [0, 0.05) is 17.3 Å². The molecule has 0 saturated heterocycles. The Morgan fingerprint density at radius 2 is 1.50 bits per heavy atom. The highest BCUT2D eigenvalue weighted by Gasteiger charge is 2.34. The van der Waals surface area contributed by atoms with Crippen molar-refractivity contribution in [1.29, 1.82) is 0 Å². The van der Waals surface area contributed by atoms with E-state index in [-0.39, 0.29) is 11.6 Å². The van der Waals surface area contributed by atoms with Crippen LogP contribution in [0.25, 0.3) is 10.8 Å². The maximum atomic E-state index is 11.9. The van der Waals surface area contributed by atoms with Crippen LogP contribution in [-0.4, -0.2) is 11.6 Å². The van der Waals surface area contributed by atoms with Gasteiger partial charge in [-0.25, -0.2) is 0 Å². The van der Waals surface area contributed by atoms with E-state index in [0.29, 0.717) is 12.8 Å². The van der Waals surface area contributed by atoms with E-state index in [1.165, 1.54) is 0 Å². The van der Waals surface area contributed by atoms with E-state index in [1.54, 1.807) is 0 Å². The number of Topliss-reactive ketones (excluding diaryl/α,β-unsaturated/α-hetero) is 2. The summed E-state index contributed by atoms with van der Waals surface area (Å²) in [6, 6.07) is 11.6. The molecule has 0 atom stereocenters. The molecule has 2 nitrogen and oxygen atoms in total. The van der Waals surface area contributed by atoms with Crippen molar-refractivity contribution >= 4 is 38.3 Å². The number of hydrogen-bond acceptors (Lipinski definition) is 2. The highest BCUT2D eigenvalue weighted by molar-refractivity contribution is 9.10. The van der Waals surface area contributed by atoms with Gasteiger partial charge >= 0.3 is 0 Å². The molecule has 18 heavy (non-hydrogen) atoms. The molecular formula is C15H11BrO2. The van der Waals surface area contributed by atoms with Crippen LogP contribution in [0.4, 0.5) is 0 Å². The number of hydrogen-bond donors (Lipinski definition) is 0. The number of carbonyl (C=O) groups is 2. The Labute approximate surface area is 113 Å². The third-order valence-electron chi connectivity index (χ3n) is 3.48. The summed E-state index contributed by atoms with van der Waals surface area (Å²) in [6.07, 6.45) is 0.766. The number of ketones is 2. The summed E-state index contributed by atoms with van der Waals surface area (Å²) in [5.41, 5.74) is 0.848. The molecule has 1 aliphatic rings. The fourth-order valence-corrected chi connectivity index (χ4v) is 3.11. The maximum Gasteiger partial charge on any atom is 0.148 e. The summed E-state index contributed by atoms with van der Waals surface area (Å²) in [7, 11) is 0. The van der Waals surface area contributed by atoms with Crippen LogP contribution in [-0.2, 0) is 9.59 Å². The van der Waals surface area contributed by atoms with Crippen LogP contribution < -0.4 is 0 Å². The molecule has 1 fully saturated rings. The Bertz CT molecular complexity index is 645. The highest BCUT2D eigenvalue weighted by atomic mass is 79.9. The number of rotatable bonds is 1. The maximum absolute atomic E-state index is 11.9. The molecule has 2 aromatic carbocycles. The molecule has 0 bridgehead atoms. The average Bonchev–Trinajstić information content (AvgIpc) is 2.69. The van der Waals surface area contributed by atoms with Gasteiger partial charge in [0.1, 0.15) is 17.5 Å². The molecule has 0 N–H and O–H groups in total. The standard InChI is InChI=1S/C15H11BrO2/c16-12-6-2-3-9-10(12)4-1-5-11(9)15-13(17)7-8-14(15)18/h1-6,15H,7-8H2. The second kappa shape index (κ2) is 4.32. The predicted molar refractivity (Wildman–Crippen MR) is 73.6 cm³/mol. The van der Waals surface area contributed by atoms with Gasteiger partial charge in [-0.15, -0.1) is 0 Å². The second-order valence-electron chi connectivity index (χ2n) is 4.55. The average molecular weight is 303 g/mol. The van der Waals surface area contributed by atoms with E-state index >= 15 is 0 Å². The Kier molecular flexibility index (Phi) is 2.78. The molecule has 0 heterocycles. The van der Waals surface area contributed by atoms with Gasteiger partial charge in [0.05, 0.1) is 0 Å². The molecule has 0 amide bonds. The smallest absolute Gasteiger partial charge is 0.148 e. The lowest BCUT2D eigenvalue weighted by molar-refractivity contribution is -0.123. The minimum absolute atomic E-state index is 0.0486. The van der Waals surface area contributed by atoms with Crippen LogP contribution in [0.5, 0.6) is 0 Å². The van der Waals surface area contributed by atoms with Crippen molar-refractivity contribution < 1.29 is 9.59 Å². The summed E-state index contributed by atoms with van der Waals surface area (Å²) in [5, 5.41) is 2.03. The summed E-state index contributed by atoms with van der Waals surface area (Å²) in [4.78, 5) is 23.8. The first-order valence-corrected chi connectivity index (χ1v) is 6.70. The zero-order chi connectivity index (χ0) is 12.7. The fourth-order valence-electron chi connectivity index (χ4n) is 2.61. The van der Waals surface area contributed by atoms with Crippen LogP contribution in [0.1, 0.15) is 24.3 Å². The van der Waals surface area contributed by atoms with Gasteiger partial charge in [0.25, 0.3) is 0 Å². The zero-order valence-electron chi connectivity index (χ0n) is 9.65. The van der Waals surface area contributed by atoms with E-state index in [1.807, 2.05) is 36.4 Å². The topological polar surface area (TPSA) is 34.1 Å². The SMILES string of the molecule is O=C1CCC(=O)C1c1cccc2c(Br)cccc12. The minimum Gasteiger partial charge on any atom is -0.299 e. The van der Waals surface area contributed by atoms with Crippen molar-refractivity contribution in [2.45, 2.75) is 18.8 Å². The van der Waals surface area contributed by atoms with E-state index in [0.717, 1.165) is 20.8 Å².